The van der Waals surface area contributed by atoms with Gasteiger partial charge in [0.2, 0.25) is 0 Å². The van der Waals surface area contributed by atoms with Crippen molar-refractivity contribution in [3.63, 3.8) is 0 Å². The van der Waals surface area contributed by atoms with Crippen LogP contribution < -0.4 is 5.73 Å². The highest BCUT2D eigenvalue weighted by molar-refractivity contribution is 6.31. The summed E-state index contributed by atoms with van der Waals surface area (Å²) in [4.78, 5) is 2.26. The molecule has 0 aliphatic carbocycles. The zero-order valence-corrected chi connectivity index (χ0v) is 11.6. The van der Waals surface area contributed by atoms with E-state index in [-0.39, 0.29) is 6.04 Å². The average Bonchev–Trinajstić information content (AvgIpc) is 2.35. The third-order valence-electron chi connectivity index (χ3n) is 3.48. The Morgan fingerprint density at radius 1 is 1.44 bits per heavy atom. The highest BCUT2D eigenvalue weighted by atomic mass is 35.5. The second-order valence-corrected chi connectivity index (χ2v) is 5.48. The van der Waals surface area contributed by atoms with Gasteiger partial charge >= 0.3 is 0 Å². The minimum Gasteiger partial charge on any atom is -0.381 e. The van der Waals surface area contributed by atoms with Crippen LogP contribution in [0.15, 0.2) is 24.3 Å². The quantitative estimate of drug-likeness (QED) is 0.909. The van der Waals surface area contributed by atoms with E-state index in [1.165, 1.54) is 0 Å². The van der Waals surface area contributed by atoms with Crippen molar-refractivity contribution in [3.05, 3.63) is 34.9 Å². The van der Waals surface area contributed by atoms with E-state index in [1.807, 2.05) is 18.2 Å². The molecule has 1 aromatic carbocycles. The number of nitrogens with zero attached hydrogens (tertiary/aromatic N) is 1. The van der Waals surface area contributed by atoms with E-state index in [1.54, 1.807) is 0 Å². The molecule has 1 aliphatic rings. The summed E-state index contributed by atoms with van der Waals surface area (Å²) in [7, 11) is 2.10. The maximum absolute atomic E-state index is 6.16. The first-order valence-corrected chi connectivity index (χ1v) is 6.80. The van der Waals surface area contributed by atoms with Gasteiger partial charge in [-0.2, -0.15) is 0 Å². The lowest BCUT2D eigenvalue weighted by Crippen LogP contribution is -2.44. The number of hydrogen-bond donors (Lipinski definition) is 1. The summed E-state index contributed by atoms with van der Waals surface area (Å²) in [5, 5.41) is 0.827. The van der Waals surface area contributed by atoms with Crippen LogP contribution in [-0.2, 0) is 11.3 Å². The van der Waals surface area contributed by atoms with Crippen LogP contribution in [0, 0.1) is 5.92 Å². The van der Waals surface area contributed by atoms with Gasteiger partial charge in [0, 0.05) is 36.7 Å². The van der Waals surface area contributed by atoms with Crippen LogP contribution in [0.25, 0.3) is 0 Å². The third kappa shape index (κ3) is 3.69. The standard InChI is InChI=1S/C14H21ClN2O/c1-17(8-11-4-2-3-5-13(11)15)9-12-10-18-7-6-14(12)16/h2-5,12,14H,6-10,16H2,1H3. The predicted molar refractivity (Wildman–Crippen MR) is 74.7 cm³/mol. The lowest BCUT2D eigenvalue weighted by Gasteiger charge is -2.32. The van der Waals surface area contributed by atoms with Crippen LogP contribution in [0.3, 0.4) is 0 Å². The van der Waals surface area contributed by atoms with Gasteiger partial charge in [-0.3, -0.25) is 0 Å². The molecule has 18 heavy (non-hydrogen) atoms. The molecular formula is C14H21ClN2O. The zero-order valence-electron chi connectivity index (χ0n) is 10.8. The lowest BCUT2D eigenvalue weighted by atomic mass is 9.96. The topological polar surface area (TPSA) is 38.5 Å². The Bertz CT molecular complexity index is 386. The van der Waals surface area contributed by atoms with Crippen molar-refractivity contribution in [1.82, 2.24) is 4.90 Å². The number of benzene rings is 1. The van der Waals surface area contributed by atoms with Crippen molar-refractivity contribution < 1.29 is 4.74 Å². The Balaban J connectivity index is 1.88. The summed E-state index contributed by atoms with van der Waals surface area (Å²) >= 11 is 6.16. The summed E-state index contributed by atoms with van der Waals surface area (Å²) < 4.78 is 5.49. The second-order valence-electron chi connectivity index (χ2n) is 5.08. The van der Waals surface area contributed by atoms with Gasteiger partial charge in [0.15, 0.2) is 0 Å². The molecule has 2 atom stereocenters. The predicted octanol–water partition coefficient (Wildman–Crippen LogP) is 2.14. The van der Waals surface area contributed by atoms with Crippen molar-refractivity contribution in [1.29, 1.82) is 0 Å². The Morgan fingerprint density at radius 2 is 2.22 bits per heavy atom. The first-order chi connectivity index (χ1) is 8.66. The maximum atomic E-state index is 6.16. The molecule has 0 radical (unpaired) electrons. The van der Waals surface area contributed by atoms with Crippen molar-refractivity contribution in [3.8, 4) is 0 Å². The van der Waals surface area contributed by atoms with Crippen molar-refractivity contribution in [2.75, 3.05) is 26.8 Å². The number of halogens is 1. The van der Waals surface area contributed by atoms with E-state index >= 15 is 0 Å². The van der Waals surface area contributed by atoms with E-state index in [0.29, 0.717) is 5.92 Å². The molecule has 1 aliphatic heterocycles. The summed E-state index contributed by atoms with van der Waals surface area (Å²) in [6.45, 7) is 3.37. The van der Waals surface area contributed by atoms with Crippen molar-refractivity contribution in [2.24, 2.45) is 11.7 Å². The van der Waals surface area contributed by atoms with Gasteiger partial charge in [0.25, 0.3) is 0 Å². The van der Waals surface area contributed by atoms with Crippen LogP contribution in [0.1, 0.15) is 12.0 Å². The molecule has 0 amide bonds. The molecule has 100 valence electrons. The van der Waals surface area contributed by atoms with Gasteiger partial charge in [-0.15, -0.1) is 0 Å². The summed E-state index contributed by atoms with van der Waals surface area (Å²) in [5.41, 5.74) is 7.28. The summed E-state index contributed by atoms with van der Waals surface area (Å²) in [6.07, 6.45) is 0.963. The number of nitrogens with two attached hydrogens (primary N) is 1. The van der Waals surface area contributed by atoms with Crippen molar-refractivity contribution >= 4 is 11.6 Å². The molecule has 4 heteroatoms. The Hall–Kier alpha value is -0.610. The van der Waals surface area contributed by atoms with E-state index < -0.39 is 0 Å². The normalized spacial score (nSPS) is 24.4. The average molecular weight is 269 g/mol. The molecule has 1 fully saturated rings. The van der Waals surface area contributed by atoms with E-state index in [9.17, 15) is 0 Å². The molecule has 0 bridgehead atoms. The summed E-state index contributed by atoms with van der Waals surface area (Å²) in [6, 6.07) is 8.23. The van der Waals surface area contributed by atoms with Crippen molar-refractivity contribution in [2.45, 2.75) is 19.0 Å². The number of rotatable bonds is 4. The minimum absolute atomic E-state index is 0.257. The first-order valence-electron chi connectivity index (χ1n) is 6.42. The number of hydrogen-bond acceptors (Lipinski definition) is 3. The highest BCUT2D eigenvalue weighted by Gasteiger charge is 2.23. The fraction of sp³-hybridized carbons (Fsp3) is 0.571. The van der Waals surface area contributed by atoms with Gasteiger partial charge in [-0.25, -0.2) is 0 Å². The fourth-order valence-corrected chi connectivity index (χ4v) is 2.58. The molecule has 2 N–H and O–H groups in total. The molecule has 0 saturated carbocycles. The molecule has 0 aromatic heterocycles. The lowest BCUT2D eigenvalue weighted by molar-refractivity contribution is 0.0286. The van der Waals surface area contributed by atoms with Gasteiger partial charge in [-0.1, -0.05) is 29.8 Å². The Morgan fingerprint density at radius 3 is 2.94 bits per heavy atom. The van der Waals surface area contributed by atoms with Crippen LogP contribution >= 0.6 is 11.6 Å². The molecule has 3 nitrogen and oxygen atoms in total. The van der Waals surface area contributed by atoms with Gasteiger partial charge < -0.3 is 15.4 Å². The van der Waals surface area contributed by atoms with Gasteiger partial charge in [-0.05, 0) is 25.1 Å². The van der Waals surface area contributed by atoms with E-state index in [4.69, 9.17) is 22.1 Å². The largest absolute Gasteiger partial charge is 0.381 e. The second kappa shape index (κ2) is 6.53. The molecular weight excluding hydrogens is 248 g/mol. The smallest absolute Gasteiger partial charge is 0.0521 e. The highest BCUT2D eigenvalue weighted by Crippen LogP contribution is 2.19. The summed E-state index contributed by atoms with van der Waals surface area (Å²) in [5.74, 6) is 0.422. The molecule has 0 spiro atoms. The van der Waals surface area contributed by atoms with Gasteiger partial charge in [0.1, 0.15) is 0 Å². The van der Waals surface area contributed by atoms with E-state index in [2.05, 4.69) is 18.0 Å². The van der Waals surface area contributed by atoms with E-state index in [0.717, 1.165) is 43.3 Å². The Kier molecular flexibility index (Phi) is 5.01. The Labute approximate surface area is 114 Å². The fourth-order valence-electron chi connectivity index (χ4n) is 2.38. The maximum Gasteiger partial charge on any atom is 0.0521 e. The molecule has 1 saturated heterocycles. The molecule has 1 heterocycles. The first kappa shape index (κ1) is 13.8. The monoisotopic (exact) mass is 268 g/mol. The van der Waals surface area contributed by atoms with Crippen LogP contribution in [0.5, 0.6) is 0 Å². The zero-order chi connectivity index (χ0) is 13.0. The molecule has 1 aromatic rings. The number of ether oxygens (including phenoxy) is 1. The van der Waals surface area contributed by atoms with Crippen LogP contribution in [-0.4, -0.2) is 37.7 Å². The van der Waals surface area contributed by atoms with Gasteiger partial charge in [0.05, 0.1) is 6.61 Å². The SMILES string of the molecule is CN(Cc1ccccc1Cl)CC1COCCC1N. The van der Waals surface area contributed by atoms with Crippen LogP contribution in [0.4, 0.5) is 0 Å². The molecule has 2 unspecified atom stereocenters. The minimum atomic E-state index is 0.257. The molecule has 2 rings (SSSR count). The van der Waals surface area contributed by atoms with Crippen LogP contribution in [0.2, 0.25) is 5.02 Å². The third-order valence-corrected chi connectivity index (χ3v) is 3.85.